The van der Waals surface area contributed by atoms with Crippen LogP contribution in [0, 0.1) is 0 Å². The maximum atomic E-state index is 11.1. The van der Waals surface area contributed by atoms with Crippen LogP contribution < -0.4 is 0 Å². The maximum absolute atomic E-state index is 11.1. The van der Waals surface area contributed by atoms with Crippen molar-refractivity contribution in [1.82, 2.24) is 0 Å². The monoisotopic (exact) mass is 278 g/mol. The molecule has 0 radical (unpaired) electrons. The average molecular weight is 279 g/mol. The van der Waals surface area contributed by atoms with Crippen molar-refractivity contribution in [1.29, 1.82) is 0 Å². The first kappa shape index (κ1) is 11.8. The van der Waals surface area contributed by atoms with E-state index in [1.807, 2.05) is 18.2 Å². The van der Waals surface area contributed by atoms with Gasteiger partial charge in [0.2, 0.25) is 0 Å². The first-order valence-electron chi connectivity index (χ1n) is 5.72. The lowest BCUT2D eigenvalue weighted by molar-refractivity contribution is 0.0702. The minimum Gasteiger partial charge on any atom is -0.477 e. The van der Waals surface area contributed by atoms with Gasteiger partial charge in [-0.1, -0.05) is 24.6 Å². The Bertz CT molecular complexity index is 645. The third-order valence-electron chi connectivity index (χ3n) is 3.34. The highest BCUT2D eigenvalue weighted by molar-refractivity contribution is 7.17. The van der Waals surface area contributed by atoms with Crippen molar-refractivity contribution in [3.8, 4) is 10.4 Å². The summed E-state index contributed by atoms with van der Waals surface area (Å²) in [5.74, 6) is -0.472. The average Bonchev–Trinajstić information content (AvgIpc) is 2.73. The van der Waals surface area contributed by atoms with E-state index in [0.717, 1.165) is 27.4 Å². The number of hydrogen-bond acceptors (Lipinski definition) is 2. The molecule has 4 heteroatoms. The van der Waals surface area contributed by atoms with Gasteiger partial charge in [0.1, 0.15) is 4.88 Å². The molecule has 1 heterocycles. The number of carboxylic acids is 1. The van der Waals surface area contributed by atoms with Crippen LogP contribution in [0.4, 0.5) is 0 Å². The second-order valence-corrected chi connectivity index (χ2v) is 6.10. The van der Waals surface area contributed by atoms with E-state index in [-0.39, 0.29) is 0 Å². The standard InChI is InChI=1S/C14H11ClO2S/c1-7-4-8-5-12(14(16)17)18-13(8)10-3-2-9(15)6-11(7)10/h2-3,5-7H,4H2,1H3,(H,16,17). The van der Waals surface area contributed by atoms with E-state index >= 15 is 0 Å². The molecule has 2 aromatic rings. The topological polar surface area (TPSA) is 37.3 Å². The van der Waals surface area contributed by atoms with Gasteiger partial charge in [-0.15, -0.1) is 11.3 Å². The van der Waals surface area contributed by atoms with E-state index in [1.165, 1.54) is 16.9 Å². The quantitative estimate of drug-likeness (QED) is 0.838. The molecule has 0 amide bonds. The third kappa shape index (κ3) is 1.74. The molecular formula is C14H11ClO2S. The summed E-state index contributed by atoms with van der Waals surface area (Å²) < 4.78 is 0. The highest BCUT2D eigenvalue weighted by atomic mass is 35.5. The summed E-state index contributed by atoms with van der Waals surface area (Å²) in [6, 6.07) is 7.65. The number of carboxylic acid groups (broad SMARTS) is 1. The Labute approximate surface area is 114 Å². The number of thiophene rings is 1. The zero-order valence-corrected chi connectivity index (χ0v) is 11.3. The van der Waals surface area contributed by atoms with Crippen molar-refractivity contribution in [2.45, 2.75) is 19.3 Å². The molecule has 1 N–H and O–H groups in total. The van der Waals surface area contributed by atoms with Gasteiger partial charge in [0.15, 0.2) is 0 Å². The van der Waals surface area contributed by atoms with Crippen LogP contribution in [0.1, 0.15) is 33.6 Å². The Morgan fingerprint density at radius 2 is 2.22 bits per heavy atom. The van der Waals surface area contributed by atoms with E-state index in [9.17, 15) is 4.79 Å². The van der Waals surface area contributed by atoms with Crippen molar-refractivity contribution in [2.24, 2.45) is 0 Å². The molecule has 0 aliphatic heterocycles. The van der Waals surface area contributed by atoms with Gasteiger partial charge in [0.25, 0.3) is 0 Å². The van der Waals surface area contributed by atoms with Crippen molar-refractivity contribution in [3.05, 3.63) is 45.3 Å². The maximum Gasteiger partial charge on any atom is 0.345 e. The molecule has 0 spiro atoms. The summed E-state index contributed by atoms with van der Waals surface area (Å²) in [5.41, 5.74) is 3.49. The van der Waals surface area contributed by atoms with E-state index in [1.54, 1.807) is 6.07 Å². The van der Waals surface area contributed by atoms with Gasteiger partial charge in [-0.2, -0.15) is 0 Å². The third-order valence-corrected chi connectivity index (χ3v) is 4.77. The normalized spacial score (nSPS) is 17.1. The molecule has 1 aliphatic carbocycles. The number of hydrogen-bond donors (Lipinski definition) is 1. The van der Waals surface area contributed by atoms with Gasteiger partial charge >= 0.3 is 5.97 Å². The molecule has 92 valence electrons. The van der Waals surface area contributed by atoms with Gasteiger partial charge in [0, 0.05) is 9.90 Å². The zero-order chi connectivity index (χ0) is 12.9. The summed E-state index contributed by atoms with van der Waals surface area (Å²) in [5, 5.41) is 9.82. The van der Waals surface area contributed by atoms with Crippen molar-refractivity contribution < 1.29 is 9.90 Å². The SMILES string of the molecule is CC1Cc2cc(C(=O)O)sc2-c2ccc(Cl)cc21. The fourth-order valence-electron chi connectivity index (χ4n) is 2.50. The zero-order valence-electron chi connectivity index (χ0n) is 9.74. The van der Waals surface area contributed by atoms with Gasteiger partial charge in [-0.25, -0.2) is 4.79 Å². The lowest BCUT2D eigenvalue weighted by Gasteiger charge is -2.22. The number of aromatic carboxylic acids is 1. The molecule has 1 aliphatic rings. The van der Waals surface area contributed by atoms with Crippen LogP contribution in [0.5, 0.6) is 0 Å². The number of rotatable bonds is 1. The smallest absolute Gasteiger partial charge is 0.345 e. The molecule has 1 atom stereocenters. The largest absolute Gasteiger partial charge is 0.477 e. The lowest BCUT2D eigenvalue weighted by atomic mass is 9.84. The highest BCUT2D eigenvalue weighted by Crippen LogP contribution is 2.44. The van der Waals surface area contributed by atoms with Crippen molar-refractivity contribution in [3.63, 3.8) is 0 Å². The second-order valence-electron chi connectivity index (χ2n) is 4.61. The molecular weight excluding hydrogens is 268 g/mol. The summed E-state index contributed by atoms with van der Waals surface area (Å²) in [7, 11) is 0. The number of benzene rings is 1. The van der Waals surface area contributed by atoms with Gasteiger partial charge in [0.05, 0.1) is 0 Å². The van der Waals surface area contributed by atoms with Crippen LogP contribution in [0.3, 0.4) is 0 Å². The second kappa shape index (κ2) is 4.11. The summed E-state index contributed by atoms with van der Waals surface area (Å²) >= 11 is 7.39. The molecule has 0 bridgehead atoms. The Hall–Kier alpha value is -1.32. The molecule has 2 nitrogen and oxygen atoms in total. The fourth-order valence-corrected chi connectivity index (χ4v) is 3.76. The van der Waals surface area contributed by atoms with Gasteiger partial charge in [-0.05, 0) is 47.2 Å². The van der Waals surface area contributed by atoms with Crippen molar-refractivity contribution >= 4 is 28.9 Å². The minimum atomic E-state index is -0.849. The predicted molar refractivity (Wildman–Crippen MR) is 73.8 cm³/mol. The van der Waals surface area contributed by atoms with Crippen LogP contribution in [-0.4, -0.2) is 11.1 Å². The predicted octanol–water partition coefficient (Wildman–Crippen LogP) is 4.43. The van der Waals surface area contributed by atoms with Gasteiger partial charge < -0.3 is 5.11 Å². The highest BCUT2D eigenvalue weighted by Gasteiger charge is 2.25. The Balaban J connectivity index is 2.22. The Morgan fingerprint density at radius 3 is 2.94 bits per heavy atom. The lowest BCUT2D eigenvalue weighted by Crippen LogP contribution is -2.06. The Morgan fingerprint density at radius 1 is 1.44 bits per heavy atom. The van der Waals surface area contributed by atoms with Crippen LogP contribution in [0.15, 0.2) is 24.3 Å². The number of fused-ring (bicyclic) bond motifs is 3. The molecule has 3 rings (SSSR count). The molecule has 0 saturated heterocycles. The number of halogens is 1. The Kier molecular flexibility index (Phi) is 2.68. The fraction of sp³-hybridized carbons (Fsp3) is 0.214. The van der Waals surface area contributed by atoms with Crippen LogP contribution >= 0.6 is 22.9 Å². The summed E-state index contributed by atoms with van der Waals surface area (Å²) in [4.78, 5) is 12.5. The first-order chi connectivity index (χ1) is 8.56. The molecule has 18 heavy (non-hydrogen) atoms. The molecule has 0 fully saturated rings. The summed E-state index contributed by atoms with van der Waals surface area (Å²) in [6.45, 7) is 2.15. The number of carbonyl (C=O) groups is 1. The van der Waals surface area contributed by atoms with E-state index in [4.69, 9.17) is 16.7 Å². The van der Waals surface area contributed by atoms with E-state index < -0.39 is 5.97 Å². The van der Waals surface area contributed by atoms with Crippen LogP contribution in [-0.2, 0) is 6.42 Å². The molecule has 1 aromatic heterocycles. The van der Waals surface area contributed by atoms with Crippen LogP contribution in [0.2, 0.25) is 5.02 Å². The van der Waals surface area contributed by atoms with Crippen molar-refractivity contribution in [2.75, 3.05) is 0 Å². The first-order valence-corrected chi connectivity index (χ1v) is 6.91. The molecule has 1 unspecified atom stereocenters. The van der Waals surface area contributed by atoms with Gasteiger partial charge in [-0.3, -0.25) is 0 Å². The van der Waals surface area contributed by atoms with Crippen LogP contribution in [0.25, 0.3) is 10.4 Å². The molecule has 0 saturated carbocycles. The van der Waals surface area contributed by atoms with E-state index in [2.05, 4.69) is 6.92 Å². The molecule has 1 aromatic carbocycles. The minimum absolute atomic E-state index is 0.377. The summed E-state index contributed by atoms with van der Waals surface area (Å²) in [6.07, 6.45) is 0.881. The van der Waals surface area contributed by atoms with E-state index in [0.29, 0.717) is 10.8 Å².